The van der Waals surface area contributed by atoms with Crippen LogP contribution >= 0.6 is 34.4 Å². The fraction of sp³-hybridized carbons (Fsp3) is 0.333. The van der Waals surface area contributed by atoms with Crippen molar-refractivity contribution in [3.8, 4) is 0 Å². The quantitative estimate of drug-likeness (QED) is 0.309. The monoisotopic (exact) mass is 400 g/mol. The second-order valence-electron chi connectivity index (χ2n) is 4.71. The highest BCUT2D eigenvalue weighted by Gasteiger charge is 2.20. The zero-order valence-corrected chi connectivity index (χ0v) is 16.0. The summed E-state index contributed by atoms with van der Waals surface area (Å²) in [5.41, 5.74) is 0.337. The Bertz CT molecular complexity index is 784. The number of hydrogen-bond acceptors (Lipinski definition) is 8. The Kier molecular flexibility index (Phi) is 6.97. The number of amides is 1. The Morgan fingerprint density at radius 2 is 2.16 bits per heavy atom. The lowest BCUT2D eigenvalue weighted by atomic mass is 10.2. The van der Waals surface area contributed by atoms with Crippen molar-refractivity contribution in [1.29, 1.82) is 0 Å². The van der Waals surface area contributed by atoms with Gasteiger partial charge in [-0.15, -0.1) is 23.1 Å². The highest BCUT2D eigenvalue weighted by atomic mass is 32.2. The molecule has 10 heteroatoms. The number of anilines is 1. The largest absolute Gasteiger partial charge is 0.462 e. The first-order valence-electron chi connectivity index (χ1n) is 7.40. The van der Waals surface area contributed by atoms with E-state index in [0.717, 1.165) is 34.4 Å². The molecule has 0 unspecified atom stereocenters. The second-order valence-corrected chi connectivity index (χ2v) is 7.76. The van der Waals surface area contributed by atoms with E-state index in [9.17, 15) is 19.7 Å². The number of esters is 1. The molecule has 25 heavy (non-hydrogen) atoms. The summed E-state index contributed by atoms with van der Waals surface area (Å²) in [5.74, 6) is -0.797. The zero-order chi connectivity index (χ0) is 18.4. The molecule has 2 aromatic heterocycles. The Labute approximate surface area is 156 Å². The summed E-state index contributed by atoms with van der Waals surface area (Å²) in [6.07, 6.45) is 0.739. The van der Waals surface area contributed by atoms with Crippen LogP contribution in [0.25, 0.3) is 0 Å². The minimum absolute atomic E-state index is 0.0131. The van der Waals surface area contributed by atoms with E-state index in [4.69, 9.17) is 4.74 Å². The molecule has 0 radical (unpaired) electrons. The molecule has 0 aliphatic rings. The number of ether oxygens (including phenoxy) is 1. The molecule has 2 rings (SSSR count). The fourth-order valence-corrected chi connectivity index (χ4v) is 4.64. The third-order valence-corrected chi connectivity index (χ3v) is 6.25. The molecule has 2 heterocycles. The van der Waals surface area contributed by atoms with Crippen LogP contribution in [0, 0.1) is 10.1 Å². The number of nitrogens with one attached hydrogen (secondary N) is 1. The molecule has 0 fully saturated rings. The summed E-state index contributed by atoms with van der Waals surface area (Å²) in [6, 6.07) is 3.33. The summed E-state index contributed by atoms with van der Waals surface area (Å²) in [7, 11) is 0. The SMILES string of the molecule is CCOC(=O)c1cc(CC)sc1NC(=O)CSc1ccsc1[N+](=O)[O-]. The normalized spacial score (nSPS) is 10.5. The molecule has 0 saturated carbocycles. The Morgan fingerprint density at radius 3 is 2.80 bits per heavy atom. The van der Waals surface area contributed by atoms with E-state index >= 15 is 0 Å². The van der Waals surface area contributed by atoms with Crippen LogP contribution in [0.3, 0.4) is 0 Å². The van der Waals surface area contributed by atoms with E-state index in [1.807, 2.05) is 6.92 Å². The van der Waals surface area contributed by atoms with Gasteiger partial charge in [0.15, 0.2) is 0 Å². The predicted molar refractivity (Wildman–Crippen MR) is 100.0 cm³/mol. The molecule has 7 nitrogen and oxygen atoms in total. The van der Waals surface area contributed by atoms with Crippen molar-refractivity contribution in [1.82, 2.24) is 0 Å². The molecule has 1 amide bonds. The Hall–Kier alpha value is -1.91. The van der Waals surface area contributed by atoms with E-state index in [0.29, 0.717) is 15.5 Å². The van der Waals surface area contributed by atoms with Crippen LogP contribution in [0.1, 0.15) is 29.1 Å². The summed E-state index contributed by atoms with van der Waals surface area (Å²) >= 11 is 3.44. The van der Waals surface area contributed by atoms with Crippen molar-refractivity contribution < 1.29 is 19.2 Å². The first-order valence-corrected chi connectivity index (χ1v) is 10.1. The van der Waals surface area contributed by atoms with Crippen molar-refractivity contribution in [2.45, 2.75) is 25.2 Å². The summed E-state index contributed by atoms with van der Waals surface area (Å²) in [5, 5.41) is 15.7. The molecule has 0 saturated heterocycles. The van der Waals surface area contributed by atoms with Crippen LogP contribution in [0.15, 0.2) is 22.4 Å². The summed E-state index contributed by atoms with van der Waals surface area (Å²) < 4.78 is 5.01. The van der Waals surface area contributed by atoms with Gasteiger partial charge in [-0.25, -0.2) is 4.79 Å². The standard InChI is InChI=1S/C15H16N2O5S3/c1-3-9-7-10(15(19)22-4-2)13(25-9)16-12(18)8-24-11-5-6-23-14(11)17(20)21/h5-7H,3-4,8H2,1-2H3,(H,16,18). The zero-order valence-electron chi connectivity index (χ0n) is 13.6. The van der Waals surface area contributed by atoms with E-state index in [1.165, 1.54) is 11.3 Å². The van der Waals surface area contributed by atoms with E-state index in [1.54, 1.807) is 24.4 Å². The van der Waals surface area contributed by atoms with Gasteiger partial charge in [0.25, 0.3) is 0 Å². The average Bonchev–Trinajstić information content (AvgIpc) is 3.19. The maximum absolute atomic E-state index is 12.2. The highest BCUT2D eigenvalue weighted by molar-refractivity contribution is 8.00. The summed E-state index contributed by atoms with van der Waals surface area (Å²) in [6.45, 7) is 3.92. The van der Waals surface area contributed by atoms with Crippen LogP contribution < -0.4 is 5.32 Å². The molecule has 0 aliphatic carbocycles. The number of nitro groups is 1. The average molecular weight is 401 g/mol. The van der Waals surface area contributed by atoms with Crippen LogP contribution in [-0.2, 0) is 16.0 Å². The van der Waals surface area contributed by atoms with Gasteiger partial charge in [0.05, 0.1) is 27.7 Å². The number of nitrogens with zero attached hydrogens (tertiary/aromatic N) is 1. The molecule has 0 aliphatic heterocycles. The topological polar surface area (TPSA) is 98.5 Å². The van der Waals surface area contributed by atoms with E-state index in [2.05, 4.69) is 5.32 Å². The van der Waals surface area contributed by atoms with Gasteiger partial charge in [-0.2, -0.15) is 0 Å². The molecule has 1 N–H and O–H groups in total. The van der Waals surface area contributed by atoms with Gasteiger partial charge in [0.1, 0.15) is 5.00 Å². The third-order valence-electron chi connectivity index (χ3n) is 3.01. The van der Waals surface area contributed by atoms with Crippen molar-refractivity contribution in [3.63, 3.8) is 0 Å². The highest BCUT2D eigenvalue weighted by Crippen LogP contribution is 2.34. The predicted octanol–water partition coefficient (Wildman–Crippen LogP) is 4.19. The van der Waals surface area contributed by atoms with Crippen LogP contribution in [-0.4, -0.2) is 29.2 Å². The van der Waals surface area contributed by atoms with Crippen LogP contribution in [0.4, 0.5) is 10.0 Å². The van der Waals surface area contributed by atoms with Gasteiger partial charge in [-0.1, -0.05) is 18.3 Å². The number of rotatable bonds is 8. The number of aryl methyl sites for hydroxylation is 1. The maximum Gasteiger partial charge on any atom is 0.341 e. The van der Waals surface area contributed by atoms with Gasteiger partial charge in [-0.3, -0.25) is 14.9 Å². The third kappa shape index (κ3) is 5.03. The molecule has 0 spiro atoms. The smallest absolute Gasteiger partial charge is 0.341 e. The van der Waals surface area contributed by atoms with Crippen molar-refractivity contribution in [2.75, 3.05) is 17.7 Å². The Balaban J connectivity index is 2.04. The van der Waals surface area contributed by atoms with Gasteiger partial charge < -0.3 is 10.1 Å². The van der Waals surface area contributed by atoms with Crippen molar-refractivity contribution in [2.24, 2.45) is 0 Å². The fourth-order valence-electron chi connectivity index (χ4n) is 1.91. The molecule has 0 aromatic carbocycles. The number of thioether (sulfide) groups is 1. The number of carbonyl (C=O) groups is 2. The van der Waals surface area contributed by atoms with E-state index < -0.39 is 10.9 Å². The minimum atomic E-state index is -0.477. The van der Waals surface area contributed by atoms with Crippen LogP contribution in [0.5, 0.6) is 0 Å². The van der Waals surface area contributed by atoms with Gasteiger partial charge >= 0.3 is 11.0 Å². The molecule has 0 atom stereocenters. The molecule has 134 valence electrons. The second kappa shape index (κ2) is 8.97. The lowest BCUT2D eigenvalue weighted by Crippen LogP contribution is -2.15. The molecule has 2 aromatic rings. The number of thiophene rings is 2. The molecule has 0 bridgehead atoms. The maximum atomic E-state index is 12.2. The Morgan fingerprint density at radius 1 is 1.40 bits per heavy atom. The lowest BCUT2D eigenvalue weighted by Gasteiger charge is -2.05. The summed E-state index contributed by atoms with van der Waals surface area (Å²) in [4.78, 5) is 36.0. The first-order chi connectivity index (χ1) is 12.0. The number of carbonyl (C=O) groups excluding carboxylic acids is 2. The van der Waals surface area contributed by atoms with Gasteiger partial charge in [0.2, 0.25) is 5.91 Å². The molecular weight excluding hydrogens is 384 g/mol. The minimum Gasteiger partial charge on any atom is -0.462 e. The van der Waals surface area contributed by atoms with Crippen molar-refractivity contribution >= 4 is 56.3 Å². The molecular formula is C15H16N2O5S3. The first kappa shape index (κ1) is 19.4. The van der Waals surface area contributed by atoms with E-state index in [-0.39, 0.29) is 23.3 Å². The lowest BCUT2D eigenvalue weighted by molar-refractivity contribution is -0.382. The van der Waals surface area contributed by atoms with Crippen LogP contribution in [0.2, 0.25) is 0 Å². The van der Waals surface area contributed by atoms with Gasteiger partial charge in [-0.05, 0) is 30.9 Å². The van der Waals surface area contributed by atoms with Gasteiger partial charge in [0, 0.05) is 4.88 Å². The van der Waals surface area contributed by atoms with Crippen molar-refractivity contribution in [3.05, 3.63) is 38.1 Å². The number of hydrogen-bond donors (Lipinski definition) is 1.